The molecular formula is C27H31ClN6O2. The van der Waals surface area contributed by atoms with E-state index in [0.717, 1.165) is 73.8 Å². The first kappa shape index (κ1) is 24.3. The van der Waals surface area contributed by atoms with Gasteiger partial charge in [-0.15, -0.1) is 16.8 Å². The van der Waals surface area contributed by atoms with E-state index in [-0.39, 0.29) is 5.91 Å². The van der Waals surface area contributed by atoms with Gasteiger partial charge < -0.3 is 19.4 Å². The molecule has 2 aliphatic heterocycles. The molecule has 0 unspecified atom stereocenters. The zero-order valence-electron chi connectivity index (χ0n) is 20.6. The van der Waals surface area contributed by atoms with Gasteiger partial charge in [-0.05, 0) is 18.2 Å². The van der Waals surface area contributed by atoms with Crippen LogP contribution in [0.1, 0.15) is 10.5 Å². The van der Waals surface area contributed by atoms with Crippen molar-refractivity contribution < 1.29 is 9.53 Å². The molecule has 2 aliphatic rings. The molecule has 5 rings (SSSR count). The fourth-order valence-corrected chi connectivity index (χ4v) is 5.18. The van der Waals surface area contributed by atoms with Crippen molar-refractivity contribution in [1.82, 2.24) is 20.0 Å². The minimum absolute atomic E-state index is 0.0543. The molecule has 8 nitrogen and oxygen atoms in total. The molecule has 2 saturated heterocycles. The maximum absolute atomic E-state index is 13.4. The molecule has 0 bridgehead atoms. The van der Waals surface area contributed by atoms with Gasteiger partial charge in [-0.3, -0.25) is 9.69 Å². The molecule has 1 amide bonds. The Hall–Kier alpha value is -3.36. The third-order valence-corrected chi connectivity index (χ3v) is 7.21. The highest BCUT2D eigenvalue weighted by atomic mass is 35.5. The number of benzene rings is 2. The number of hydrogen-bond donors (Lipinski definition) is 0. The van der Waals surface area contributed by atoms with Crippen LogP contribution in [0.25, 0.3) is 10.8 Å². The van der Waals surface area contributed by atoms with Gasteiger partial charge in [-0.25, -0.2) is 0 Å². The van der Waals surface area contributed by atoms with Crippen molar-refractivity contribution in [3.05, 3.63) is 65.8 Å². The Kier molecular flexibility index (Phi) is 7.25. The maximum Gasteiger partial charge on any atom is 0.275 e. The summed E-state index contributed by atoms with van der Waals surface area (Å²) >= 11 is 6.25. The third-order valence-electron chi connectivity index (χ3n) is 6.98. The number of anilines is 2. The van der Waals surface area contributed by atoms with Gasteiger partial charge in [-0.2, -0.15) is 0 Å². The van der Waals surface area contributed by atoms with Crippen molar-refractivity contribution in [2.75, 3.05) is 75.8 Å². The second-order valence-corrected chi connectivity index (χ2v) is 9.53. The first-order chi connectivity index (χ1) is 17.6. The number of fused-ring (bicyclic) bond motifs is 1. The molecule has 0 radical (unpaired) electrons. The van der Waals surface area contributed by atoms with Crippen LogP contribution in [-0.2, 0) is 0 Å². The first-order valence-corrected chi connectivity index (χ1v) is 12.7. The summed E-state index contributed by atoms with van der Waals surface area (Å²) in [5.41, 5.74) is 1.42. The predicted octanol–water partition coefficient (Wildman–Crippen LogP) is 3.56. The summed E-state index contributed by atoms with van der Waals surface area (Å²) in [5.74, 6) is 1.57. The summed E-state index contributed by atoms with van der Waals surface area (Å²) in [6, 6.07) is 13.6. The monoisotopic (exact) mass is 506 g/mol. The van der Waals surface area contributed by atoms with Crippen LogP contribution in [0.2, 0.25) is 5.02 Å². The van der Waals surface area contributed by atoms with Crippen LogP contribution in [0.4, 0.5) is 11.5 Å². The summed E-state index contributed by atoms with van der Waals surface area (Å²) in [5, 5.41) is 11.5. The van der Waals surface area contributed by atoms with E-state index in [4.69, 9.17) is 16.3 Å². The molecule has 0 spiro atoms. The number of aromatic nitrogens is 2. The Morgan fingerprint density at radius 1 is 0.972 bits per heavy atom. The lowest BCUT2D eigenvalue weighted by Crippen LogP contribution is -2.49. The van der Waals surface area contributed by atoms with Crippen molar-refractivity contribution in [1.29, 1.82) is 0 Å². The topological polar surface area (TPSA) is 65.0 Å². The van der Waals surface area contributed by atoms with Crippen LogP contribution in [-0.4, -0.2) is 91.9 Å². The SMILES string of the molecule is C=CCN1CCN(C(=O)c2nnc(N3CCN(c4cc(Cl)ccc4OC)CC3)c3ccccc23)CC1. The largest absolute Gasteiger partial charge is 0.495 e. The quantitative estimate of drug-likeness (QED) is 0.473. The molecule has 0 atom stereocenters. The summed E-state index contributed by atoms with van der Waals surface area (Å²) < 4.78 is 5.55. The van der Waals surface area contributed by atoms with Crippen LogP contribution in [0.15, 0.2) is 55.1 Å². The number of hydrogen-bond acceptors (Lipinski definition) is 7. The second-order valence-electron chi connectivity index (χ2n) is 9.09. The van der Waals surface area contributed by atoms with Crippen molar-refractivity contribution in [3.8, 4) is 5.75 Å². The van der Waals surface area contributed by atoms with Gasteiger partial charge in [0.2, 0.25) is 0 Å². The second kappa shape index (κ2) is 10.7. The Balaban J connectivity index is 1.34. The lowest BCUT2D eigenvalue weighted by Gasteiger charge is -2.37. The standard InChI is InChI=1S/C27H31ClN6O2/c1-3-10-31-11-13-34(14-12-31)27(35)25-21-6-4-5-7-22(21)26(30-29-25)33-17-15-32(16-18-33)23-19-20(28)8-9-24(23)36-2/h3-9,19H,1,10-18H2,2H3. The van der Waals surface area contributed by atoms with E-state index in [1.807, 2.05) is 53.4 Å². The fraction of sp³-hybridized carbons (Fsp3) is 0.370. The van der Waals surface area contributed by atoms with E-state index in [1.54, 1.807) is 7.11 Å². The van der Waals surface area contributed by atoms with Gasteiger partial charge in [0, 0.05) is 74.7 Å². The average Bonchev–Trinajstić information content (AvgIpc) is 2.93. The smallest absolute Gasteiger partial charge is 0.275 e. The van der Waals surface area contributed by atoms with Crippen LogP contribution in [0, 0.1) is 0 Å². The lowest BCUT2D eigenvalue weighted by molar-refractivity contribution is 0.0645. The molecule has 3 aromatic rings. The summed E-state index contributed by atoms with van der Waals surface area (Å²) in [6.45, 7) is 10.8. The van der Waals surface area contributed by atoms with E-state index in [1.165, 1.54) is 0 Å². The van der Waals surface area contributed by atoms with E-state index < -0.39 is 0 Å². The molecule has 188 valence electrons. The van der Waals surface area contributed by atoms with E-state index in [0.29, 0.717) is 23.8 Å². The van der Waals surface area contributed by atoms with Crippen LogP contribution >= 0.6 is 11.6 Å². The van der Waals surface area contributed by atoms with Crippen molar-refractivity contribution in [2.24, 2.45) is 0 Å². The molecule has 0 saturated carbocycles. The summed E-state index contributed by atoms with van der Waals surface area (Å²) in [7, 11) is 1.68. The molecule has 36 heavy (non-hydrogen) atoms. The molecule has 0 aliphatic carbocycles. The molecule has 2 fully saturated rings. The zero-order valence-corrected chi connectivity index (χ0v) is 21.3. The number of rotatable bonds is 6. The van der Waals surface area contributed by atoms with Gasteiger partial charge in [0.05, 0.1) is 12.8 Å². The van der Waals surface area contributed by atoms with E-state index >= 15 is 0 Å². The van der Waals surface area contributed by atoms with Crippen molar-refractivity contribution in [2.45, 2.75) is 0 Å². The number of halogens is 1. The van der Waals surface area contributed by atoms with Crippen LogP contribution in [0.3, 0.4) is 0 Å². The number of ether oxygens (including phenoxy) is 1. The molecule has 3 heterocycles. The van der Waals surface area contributed by atoms with Crippen LogP contribution < -0.4 is 14.5 Å². The minimum atomic E-state index is -0.0543. The highest BCUT2D eigenvalue weighted by molar-refractivity contribution is 6.31. The van der Waals surface area contributed by atoms with Gasteiger partial charge in [0.15, 0.2) is 11.5 Å². The molecule has 2 aromatic carbocycles. The zero-order chi connectivity index (χ0) is 25.1. The van der Waals surface area contributed by atoms with Gasteiger partial charge in [0.1, 0.15) is 5.75 Å². The lowest BCUT2D eigenvalue weighted by atomic mass is 10.1. The van der Waals surface area contributed by atoms with Crippen molar-refractivity contribution >= 4 is 39.8 Å². The molecule has 9 heteroatoms. The van der Waals surface area contributed by atoms with Gasteiger partial charge in [0.25, 0.3) is 5.91 Å². The number of methoxy groups -OCH3 is 1. The summed E-state index contributed by atoms with van der Waals surface area (Å²) in [6.07, 6.45) is 1.90. The Bertz CT molecular complexity index is 1250. The average molecular weight is 507 g/mol. The number of nitrogens with zero attached hydrogens (tertiary/aromatic N) is 6. The number of amides is 1. The third kappa shape index (κ3) is 4.83. The predicted molar refractivity (Wildman–Crippen MR) is 145 cm³/mol. The Morgan fingerprint density at radius 2 is 1.67 bits per heavy atom. The highest BCUT2D eigenvalue weighted by Gasteiger charge is 2.27. The minimum Gasteiger partial charge on any atom is -0.495 e. The molecular weight excluding hydrogens is 476 g/mol. The number of carbonyl (C=O) groups excluding carboxylic acids is 1. The van der Waals surface area contributed by atoms with Gasteiger partial charge in [-0.1, -0.05) is 41.9 Å². The van der Waals surface area contributed by atoms with Crippen LogP contribution in [0.5, 0.6) is 5.75 Å². The van der Waals surface area contributed by atoms with Crippen molar-refractivity contribution in [3.63, 3.8) is 0 Å². The first-order valence-electron chi connectivity index (χ1n) is 12.3. The fourth-order valence-electron chi connectivity index (χ4n) is 5.02. The Morgan fingerprint density at radius 3 is 2.36 bits per heavy atom. The normalized spacial score (nSPS) is 16.9. The summed E-state index contributed by atoms with van der Waals surface area (Å²) in [4.78, 5) is 22.1. The van der Waals surface area contributed by atoms with E-state index in [2.05, 4.69) is 31.5 Å². The molecule has 0 N–H and O–H groups in total. The molecule has 1 aromatic heterocycles. The van der Waals surface area contributed by atoms with Gasteiger partial charge >= 0.3 is 0 Å². The Labute approximate surface area is 216 Å². The highest BCUT2D eigenvalue weighted by Crippen LogP contribution is 2.33. The van der Waals surface area contributed by atoms with E-state index in [9.17, 15) is 4.79 Å². The number of carbonyl (C=O) groups is 1. The number of piperazine rings is 2. The maximum atomic E-state index is 13.4.